The first kappa shape index (κ1) is 9.31. The number of H-pyrrole nitrogens is 1. The quantitative estimate of drug-likeness (QED) is 0.654. The van der Waals surface area contributed by atoms with Gasteiger partial charge in [0.25, 0.3) is 5.56 Å². The van der Waals surface area contributed by atoms with Crippen LogP contribution in [-0.2, 0) is 6.54 Å². The molecule has 70 valence electrons. The number of rotatable bonds is 3. The second-order valence-electron chi connectivity index (χ2n) is 2.37. The summed E-state index contributed by atoms with van der Waals surface area (Å²) in [5.41, 5.74) is -0.920. The Hall–Kier alpha value is -1.78. The second-order valence-corrected chi connectivity index (χ2v) is 2.37. The third-order valence-electron chi connectivity index (χ3n) is 1.56. The molecule has 0 spiro atoms. The molecule has 5 nitrogen and oxygen atoms in total. The third kappa shape index (κ3) is 1.69. The number of aromatic nitrogens is 2. The van der Waals surface area contributed by atoms with E-state index in [9.17, 15) is 9.59 Å². The van der Waals surface area contributed by atoms with E-state index in [4.69, 9.17) is 4.74 Å². The molecule has 0 bridgehead atoms. The number of nitrogens with zero attached hydrogens (tertiary/aromatic N) is 1. The summed E-state index contributed by atoms with van der Waals surface area (Å²) in [4.78, 5) is 24.9. The summed E-state index contributed by atoms with van der Waals surface area (Å²) in [5, 5.41) is 0. The first-order valence-corrected chi connectivity index (χ1v) is 3.68. The Labute approximate surface area is 74.3 Å². The fourth-order valence-electron chi connectivity index (χ4n) is 0.933. The van der Waals surface area contributed by atoms with Crippen molar-refractivity contribution in [1.29, 1.82) is 0 Å². The van der Waals surface area contributed by atoms with Crippen LogP contribution in [0.1, 0.15) is 0 Å². The van der Waals surface area contributed by atoms with Gasteiger partial charge in [0.15, 0.2) is 0 Å². The van der Waals surface area contributed by atoms with Crippen molar-refractivity contribution in [2.45, 2.75) is 6.54 Å². The molecule has 1 aromatic heterocycles. The summed E-state index contributed by atoms with van der Waals surface area (Å²) in [6.07, 6.45) is 2.71. The topological polar surface area (TPSA) is 64.1 Å². The predicted molar refractivity (Wildman–Crippen MR) is 48.1 cm³/mol. The molecule has 5 heteroatoms. The first-order valence-electron chi connectivity index (χ1n) is 3.68. The normalized spacial score (nSPS) is 9.62. The van der Waals surface area contributed by atoms with Crippen LogP contribution in [0.3, 0.4) is 0 Å². The van der Waals surface area contributed by atoms with Crippen LogP contribution in [0.2, 0.25) is 0 Å². The summed E-state index contributed by atoms with van der Waals surface area (Å²) in [7, 11) is 1.37. The molecule has 13 heavy (non-hydrogen) atoms. The van der Waals surface area contributed by atoms with Crippen LogP contribution in [0.15, 0.2) is 28.4 Å². The molecule has 0 unspecified atom stereocenters. The summed E-state index contributed by atoms with van der Waals surface area (Å²) in [6.45, 7) is 3.61. The van der Waals surface area contributed by atoms with Crippen molar-refractivity contribution in [1.82, 2.24) is 9.55 Å². The van der Waals surface area contributed by atoms with Crippen LogP contribution in [0.4, 0.5) is 0 Å². The molecular weight excluding hydrogens is 172 g/mol. The number of aromatic amines is 1. The molecule has 0 saturated carbocycles. The average Bonchev–Trinajstić information content (AvgIpc) is 2.12. The maximum Gasteiger partial charge on any atom is 0.328 e. The van der Waals surface area contributed by atoms with Crippen molar-refractivity contribution in [2.24, 2.45) is 0 Å². The molecule has 1 rings (SSSR count). The van der Waals surface area contributed by atoms with Gasteiger partial charge in [-0.2, -0.15) is 0 Å². The van der Waals surface area contributed by atoms with E-state index in [1.165, 1.54) is 19.4 Å². The number of ether oxygens (including phenoxy) is 1. The zero-order valence-electron chi connectivity index (χ0n) is 7.24. The van der Waals surface area contributed by atoms with E-state index in [0.29, 0.717) is 0 Å². The number of hydrogen-bond donors (Lipinski definition) is 1. The standard InChI is InChI=1S/C8H10N2O3/c1-3-4-10-7(11)6(13-2)5-9-8(10)12/h3,5H,1,4H2,2H3,(H,9,12). The zero-order chi connectivity index (χ0) is 9.84. The van der Waals surface area contributed by atoms with Crippen LogP contribution < -0.4 is 16.0 Å². The van der Waals surface area contributed by atoms with E-state index in [2.05, 4.69) is 11.6 Å². The van der Waals surface area contributed by atoms with Crippen LogP contribution in [0, 0.1) is 0 Å². The summed E-state index contributed by atoms with van der Waals surface area (Å²) < 4.78 is 5.75. The van der Waals surface area contributed by atoms with Gasteiger partial charge >= 0.3 is 5.69 Å². The molecule has 1 N–H and O–H groups in total. The maximum atomic E-state index is 11.4. The average molecular weight is 182 g/mol. The lowest BCUT2D eigenvalue weighted by atomic mass is 10.5. The Bertz CT molecular complexity index is 416. The van der Waals surface area contributed by atoms with E-state index in [1.54, 1.807) is 0 Å². The van der Waals surface area contributed by atoms with Crippen LogP contribution in [-0.4, -0.2) is 16.7 Å². The van der Waals surface area contributed by atoms with Crippen LogP contribution in [0.5, 0.6) is 5.75 Å². The molecule has 0 aliphatic heterocycles. The molecule has 0 saturated heterocycles. The number of nitrogens with one attached hydrogen (secondary N) is 1. The molecule has 0 atom stereocenters. The molecule has 0 fully saturated rings. The van der Waals surface area contributed by atoms with Gasteiger partial charge in [0.2, 0.25) is 5.75 Å². The van der Waals surface area contributed by atoms with Crippen molar-refractivity contribution < 1.29 is 4.74 Å². The molecule has 0 aliphatic carbocycles. The Morgan fingerprint density at radius 3 is 2.92 bits per heavy atom. The molecule has 1 heterocycles. The smallest absolute Gasteiger partial charge is 0.328 e. The van der Waals surface area contributed by atoms with E-state index in [1.807, 2.05) is 0 Å². The largest absolute Gasteiger partial charge is 0.490 e. The second kappa shape index (κ2) is 3.75. The van der Waals surface area contributed by atoms with Gasteiger partial charge in [-0.15, -0.1) is 6.58 Å². The van der Waals surface area contributed by atoms with Crippen LogP contribution >= 0.6 is 0 Å². The fraction of sp³-hybridized carbons (Fsp3) is 0.250. The lowest BCUT2D eigenvalue weighted by Crippen LogP contribution is -2.34. The highest BCUT2D eigenvalue weighted by Crippen LogP contribution is 1.94. The van der Waals surface area contributed by atoms with Crippen molar-refractivity contribution in [3.63, 3.8) is 0 Å². The number of methoxy groups -OCH3 is 1. The fourth-order valence-corrected chi connectivity index (χ4v) is 0.933. The predicted octanol–water partition coefficient (Wildman–Crippen LogP) is -0.269. The molecular formula is C8H10N2O3. The van der Waals surface area contributed by atoms with E-state index in [0.717, 1.165) is 4.57 Å². The van der Waals surface area contributed by atoms with Gasteiger partial charge < -0.3 is 9.72 Å². The van der Waals surface area contributed by atoms with Gasteiger partial charge in [-0.05, 0) is 0 Å². The van der Waals surface area contributed by atoms with Crippen molar-refractivity contribution >= 4 is 0 Å². The minimum atomic E-state index is -0.467. The first-order chi connectivity index (χ1) is 6.20. The van der Waals surface area contributed by atoms with Crippen molar-refractivity contribution in [3.05, 3.63) is 39.7 Å². The SMILES string of the molecule is C=CCn1c(=O)[nH]cc(OC)c1=O. The highest BCUT2D eigenvalue weighted by Gasteiger charge is 2.04. The molecule has 0 aromatic carbocycles. The number of hydrogen-bond acceptors (Lipinski definition) is 3. The Morgan fingerprint density at radius 2 is 2.38 bits per heavy atom. The lowest BCUT2D eigenvalue weighted by Gasteiger charge is -2.02. The summed E-state index contributed by atoms with van der Waals surface area (Å²) in [5.74, 6) is 0.112. The van der Waals surface area contributed by atoms with Gasteiger partial charge in [-0.3, -0.25) is 9.36 Å². The Kier molecular flexibility index (Phi) is 2.69. The lowest BCUT2D eigenvalue weighted by molar-refractivity contribution is 0.399. The maximum absolute atomic E-state index is 11.4. The highest BCUT2D eigenvalue weighted by molar-refractivity contribution is 5.11. The van der Waals surface area contributed by atoms with E-state index < -0.39 is 11.2 Å². The molecule has 1 aromatic rings. The Balaban J connectivity index is 3.38. The summed E-state index contributed by atoms with van der Waals surface area (Å²) >= 11 is 0. The van der Waals surface area contributed by atoms with Gasteiger partial charge in [0.05, 0.1) is 13.3 Å². The Morgan fingerprint density at radius 1 is 1.69 bits per heavy atom. The zero-order valence-corrected chi connectivity index (χ0v) is 7.24. The number of allylic oxidation sites excluding steroid dienone is 1. The minimum Gasteiger partial charge on any atom is -0.490 e. The highest BCUT2D eigenvalue weighted by atomic mass is 16.5. The third-order valence-corrected chi connectivity index (χ3v) is 1.56. The molecule has 0 amide bonds. The van der Waals surface area contributed by atoms with Gasteiger partial charge in [0.1, 0.15) is 0 Å². The summed E-state index contributed by atoms with van der Waals surface area (Å²) in [6, 6.07) is 0. The molecule has 0 aliphatic rings. The van der Waals surface area contributed by atoms with E-state index >= 15 is 0 Å². The van der Waals surface area contributed by atoms with Crippen LogP contribution in [0.25, 0.3) is 0 Å². The van der Waals surface area contributed by atoms with Gasteiger partial charge in [0, 0.05) is 6.54 Å². The minimum absolute atomic E-state index is 0.112. The van der Waals surface area contributed by atoms with E-state index in [-0.39, 0.29) is 12.3 Å². The molecule has 0 radical (unpaired) electrons. The van der Waals surface area contributed by atoms with Gasteiger partial charge in [-0.1, -0.05) is 6.08 Å². The van der Waals surface area contributed by atoms with Gasteiger partial charge in [-0.25, -0.2) is 4.79 Å². The van der Waals surface area contributed by atoms with Crippen molar-refractivity contribution in [2.75, 3.05) is 7.11 Å². The van der Waals surface area contributed by atoms with Crippen molar-refractivity contribution in [3.8, 4) is 5.75 Å². The monoisotopic (exact) mass is 182 g/mol.